The van der Waals surface area contributed by atoms with Gasteiger partial charge < -0.3 is 4.98 Å². The number of imidazole rings is 1. The van der Waals surface area contributed by atoms with E-state index < -0.39 is 17.2 Å². The average Bonchev–Trinajstić information content (AvgIpc) is 2.85. The van der Waals surface area contributed by atoms with Crippen LogP contribution in [0.15, 0.2) is 15.9 Å². The van der Waals surface area contributed by atoms with Crippen LogP contribution in [-0.4, -0.2) is 25.0 Å². The molecule has 2 aromatic rings. The summed E-state index contributed by atoms with van der Waals surface area (Å²) in [6.07, 6.45) is 1.29. The number of H-pyrrole nitrogens is 1. The lowest BCUT2D eigenvalue weighted by atomic mass is 10.4. The Bertz CT molecular complexity index is 709. The summed E-state index contributed by atoms with van der Waals surface area (Å²) in [6, 6.07) is 0. The molecule has 0 unspecified atom stereocenters. The van der Waals surface area contributed by atoms with Crippen LogP contribution in [-0.2, 0) is 18.4 Å². The van der Waals surface area contributed by atoms with E-state index in [1.165, 1.54) is 17.9 Å². The number of hydrazine groups is 1. The molecule has 0 spiro atoms. The Labute approximate surface area is 100 Å². The maximum Gasteiger partial charge on any atom is 0.332 e. The number of nitrogens with one attached hydrogen (secondary N) is 2. The van der Waals surface area contributed by atoms with Crippen molar-refractivity contribution in [3.8, 4) is 0 Å². The van der Waals surface area contributed by atoms with Crippen LogP contribution in [0.4, 0.5) is 0 Å². The Morgan fingerprint density at radius 3 is 2.94 bits per heavy atom. The fourth-order valence-corrected chi connectivity index (χ4v) is 1.67. The van der Waals surface area contributed by atoms with Crippen molar-refractivity contribution < 1.29 is 4.79 Å². The van der Waals surface area contributed by atoms with E-state index in [2.05, 4.69) is 9.97 Å². The number of aryl methyl sites for hydroxylation is 1. The fourth-order valence-electron chi connectivity index (χ4n) is 1.67. The second-order valence-electron chi connectivity index (χ2n) is 3.72. The monoisotopic (exact) mass is 252 g/mol. The zero-order chi connectivity index (χ0) is 13.3. The predicted molar refractivity (Wildman–Crippen MR) is 62.5 cm³/mol. The first-order valence-electron chi connectivity index (χ1n) is 5.18. The lowest BCUT2D eigenvalue weighted by Gasteiger charge is -2.06. The van der Waals surface area contributed by atoms with Crippen LogP contribution in [0.2, 0.25) is 0 Å². The van der Waals surface area contributed by atoms with E-state index in [0.717, 1.165) is 4.57 Å². The van der Waals surface area contributed by atoms with Crippen LogP contribution in [0.5, 0.6) is 0 Å². The van der Waals surface area contributed by atoms with E-state index in [0.29, 0.717) is 0 Å². The van der Waals surface area contributed by atoms with E-state index in [9.17, 15) is 14.4 Å². The topological polar surface area (TPSA) is 128 Å². The third-order valence-electron chi connectivity index (χ3n) is 2.64. The van der Waals surface area contributed by atoms with Crippen molar-refractivity contribution in [2.75, 3.05) is 0 Å². The third kappa shape index (κ3) is 1.80. The summed E-state index contributed by atoms with van der Waals surface area (Å²) in [5.74, 6) is 4.48. The van der Waals surface area contributed by atoms with E-state index in [1.54, 1.807) is 0 Å². The SMILES string of the molecule is Cn1c(=O)n(CCC(=O)NN)c(=O)c2[nH]cnc21. The summed E-state index contributed by atoms with van der Waals surface area (Å²) < 4.78 is 2.21. The van der Waals surface area contributed by atoms with Crippen LogP contribution >= 0.6 is 0 Å². The number of nitrogens with two attached hydrogens (primary N) is 1. The molecule has 18 heavy (non-hydrogen) atoms. The normalized spacial score (nSPS) is 10.8. The number of carbonyl (C=O) groups excluding carboxylic acids is 1. The number of hydrogen-bond acceptors (Lipinski definition) is 5. The second-order valence-corrected chi connectivity index (χ2v) is 3.72. The molecule has 2 aromatic heterocycles. The largest absolute Gasteiger partial charge is 0.339 e. The molecule has 96 valence electrons. The van der Waals surface area contributed by atoms with Crippen molar-refractivity contribution in [2.24, 2.45) is 12.9 Å². The molecule has 0 atom stereocenters. The number of carbonyl (C=O) groups is 1. The molecule has 2 heterocycles. The molecule has 1 amide bonds. The number of hydrogen-bond donors (Lipinski definition) is 3. The van der Waals surface area contributed by atoms with Gasteiger partial charge in [0.15, 0.2) is 5.65 Å². The molecule has 4 N–H and O–H groups in total. The molecule has 0 aliphatic carbocycles. The Morgan fingerprint density at radius 1 is 1.56 bits per heavy atom. The maximum atomic E-state index is 12.0. The maximum absolute atomic E-state index is 12.0. The third-order valence-corrected chi connectivity index (χ3v) is 2.64. The minimum atomic E-state index is -0.524. The van der Waals surface area contributed by atoms with Gasteiger partial charge in [-0.25, -0.2) is 15.6 Å². The summed E-state index contributed by atoms with van der Waals surface area (Å²) in [7, 11) is 1.50. The quantitative estimate of drug-likeness (QED) is 0.324. The number of amides is 1. The zero-order valence-corrected chi connectivity index (χ0v) is 9.64. The summed E-state index contributed by atoms with van der Waals surface area (Å²) >= 11 is 0. The minimum Gasteiger partial charge on any atom is -0.339 e. The van der Waals surface area contributed by atoms with Gasteiger partial charge >= 0.3 is 5.69 Å². The Balaban J connectivity index is 2.54. The number of nitrogens with zero attached hydrogens (tertiary/aromatic N) is 3. The standard InChI is InChI=1S/C9H12N6O3/c1-14-7-6(11-4-12-7)8(17)15(9(14)18)3-2-5(16)13-10/h4H,2-3,10H2,1H3,(H,11,12)(H,13,16). The molecule has 0 bridgehead atoms. The highest BCUT2D eigenvalue weighted by molar-refractivity contribution is 5.75. The molecule has 0 aromatic carbocycles. The minimum absolute atomic E-state index is 0.0382. The number of rotatable bonds is 3. The summed E-state index contributed by atoms with van der Waals surface area (Å²) in [5, 5.41) is 0. The van der Waals surface area contributed by atoms with Crippen molar-refractivity contribution in [1.29, 1.82) is 0 Å². The number of fused-ring (bicyclic) bond motifs is 1. The lowest BCUT2D eigenvalue weighted by molar-refractivity contribution is -0.121. The molecule has 0 radical (unpaired) electrons. The van der Waals surface area contributed by atoms with Gasteiger partial charge in [0.2, 0.25) is 5.91 Å². The molecule has 2 rings (SSSR count). The Hall–Kier alpha value is -2.42. The van der Waals surface area contributed by atoms with Crippen LogP contribution in [0.3, 0.4) is 0 Å². The van der Waals surface area contributed by atoms with Gasteiger partial charge in [0, 0.05) is 20.0 Å². The van der Waals surface area contributed by atoms with Gasteiger partial charge in [0.05, 0.1) is 6.33 Å². The first-order valence-corrected chi connectivity index (χ1v) is 5.18. The zero-order valence-electron chi connectivity index (χ0n) is 9.64. The molecule has 0 saturated carbocycles. The highest BCUT2D eigenvalue weighted by Gasteiger charge is 2.13. The van der Waals surface area contributed by atoms with E-state index in [-0.39, 0.29) is 24.1 Å². The first-order chi connectivity index (χ1) is 8.56. The number of aromatic amines is 1. The Kier molecular flexibility index (Phi) is 2.98. The summed E-state index contributed by atoms with van der Waals surface area (Å²) in [4.78, 5) is 41.5. The van der Waals surface area contributed by atoms with Gasteiger partial charge in [-0.2, -0.15) is 0 Å². The average molecular weight is 252 g/mol. The highest BCUT2D eigenvalue weighted by Crippen LogP contribution is 1.98. The van der Waals surface area contributed by atoms with Gasteiger partial charge in [0.1, 0.15) is 5.52 Å². The summed E-state index contributed by atoms with van der Waals surface area (Å²) in [6.45, 7) is -0.0382. The van der Waals surface area contributed by atoms with Crippen LogP contribution in [0, 0.1) is 0 Å². The van der Waals surface area contributed by atoms with Gasteiger partial charge in [-0.05, 0) is 0 Å². The second kappa shape index (κ2) is 4.45. The predicted octanol–water partition coefficient (Wildman–Crippen LogP) is -2.20. The van der Waals surface area contributed by atoms with Crippen LogP contribution < -0.4 is 22.5 Å². The van der Waals surface area contributed by atoms with Crippen molar-refractivity contribution >= 4 is 17.1 Å². The van der Waals surface area contributed by atoms with Gasteiger partial charge in [-0.15, -0.1) is 0 Å². The first kappa shape index (κ1) is 12.0. The number of aromatic nitrogens is 4. The molecule has 0 aliphatic heterocycles. The molecular formula is C9H12N6O3. The fraction of sp³-hybridized carbons (Fsp3) is 0.333. The van der Waals surface area contributed by atoms with Crippen molar-refractivity contribution in [3.63, 3.8) is 0 Å². The molecule has 9 nitrogen and oxygen atoms in total. The van der Waals surface area contributed by atoms with E-state index >= 15 is 0 Å². The van der Waals surface area contributed by atoms with Crippen LogP contribution in [0.25, 0.3) is 11.2 Å². The van der Waals surface area contributed by atoms with Gasteiger partial charge in [-0.3, -0.25) is 24.1 Å². The highest BCUT2D eigenvalue weighted by atomic mass is 16.2. The van der Waals surface area contributed by atoms with E-state index in [1.807, 2.05) is 5.43 Å². The van der Waals surface area contributed by atoms with Gasteiger partial charge in [0.25, 0.3) is 5.56 Å². The summed E-state index contributed by atoms with van der Waals surface area (Å²) in [5.41, 5.74) is 1.42. The molecule has 0 fully saturated rings. The smallest absolute Gasteiger partial charge is 0.332 e. The lowest BCUT2D eigenvalue weighted by Crippen LogP contribution is -2.40. The molecule has 0 saturated heterocycles. The van der Waals surface area contributed by atoms with Crippen molar-refractivity contribution in [1.82, 2.24) is 24.5 Å². The van der Waals surface area contributed by atoms with Gasteiger partial charge in [-0.1, -0.05) is 0 Å². The van der Waals surface area contributed by atoms with Crippen molar-refractivity contribution in [2.45, 2.75) is 13.0 Å². The molecular weight excluding hydrogens is 240 g/mol. The van der Waals surface area contributed by atoms with E-state index in [4.69, 9.17) is 5.84 Å². The Morgan fingerprint density at radius 2 is 2.28 bits per heavy atom. The van der Waals surface area contributed by atoms with Crippen molar-refractivity contribution in [3.05, 3.63) is 27.2 Å². The molecule has 0 aliphatic rings. The van der Waals surface area contributed by atoms with Crippen LogP contribution in [0.1, 0.15) is 6.42 Å². The molecule has 9 heteroatoms.